The highest BCUT2D eigenvalue weighted by Gasteiger charge is 2.37. The van der Waals surface area contributed by atoms with Crippen molar-refractivity contribution in [3.05, 3.63) is 24.3 Å². The van der Waals surface area contributed by atoms with Gasteiger partial charge in [0.1, 0.15) is 0 Å². The van der Waals surface area contributed by atoms with Crippen molar-refractivity contribution >= 4 is 11.4 Å². The van der Waals surface area contributed by atoms with Crippen molar-refractivity contribution < 1.29 is 0 Å². The summed E-state index contributed by atoms with van der Waals surface area (Å²) in [5, 5.41) is 3.54. The first-order valence-electron chi connectivity index (χ1n) is 6.01. The third-order valence-electron chi connectivity index (χ3n) is 3.75. The first-order valence-corrected chi connectivity index (χ1v) is 6.01. The van der Waals surface area contributed by atoms with Gasteiger partial charge < -0.3 is 15.1 Å². The van der Waals surface area contributed by atoms with E-state index >= 15 is 0 Å². The average Bonchev–Trinajstić information content (AvgIpc) is 2.91. The maximum Gasteiger partial charge on any atom is 0.0430 e. The van der Waals surface area contributed by atoms with Gasteiger partial charge in [-0.25, -0.2) is 0 Å². The van der Waals surface area contributed by atoms with Gasteiger partial charge in [-0.1, -0.05) is 0 Å². The predicted octanol–water partition coefficient (Wildman–Crippen LogP) is 1.30. The van der Waals surface area contributed by atoms with E-state index in [9.17, 15) is 0 Å². The molecule has 2 aliphatic rings. The Morgan fingerprint density at radius 3 is 2.50 bits per heavy atom. The molecule has 0 spiro atoms. The first-order chi connectivity index (χ1) is 7.74. The Morgan fingerprint density at radius 2 is 2.00 bits per heavy atom. The zero-order valence-corrected chi connectivity index (χ0v) is 9.98. The summed E-state index contributed by atoms with van der Waals surface area (Å²) in [6.45, 7) is 2.33. The van der Waals surface area contributed by atoms with Gasteiger partial charge in [0.15, 0.2) is 0 Å². The SMILES string of the molecule is CN(C)c1ccc(N2C[C@@H]3C[C@H]2CN3)cc1. The topological polar surface area (TPSA) is 18.5 Å². The Labute approximate surface area is 97.0 Å². The number of anilines is 2. The van der Waals surface area contributed by atoms with Crippen LogP contribution in [0.1, 0.15) is 6.42 Å². The van der Waals surface area contributed by atoms with E-state index < -0.39 is 0 Å². The lowest BCUT2D eigenvalue weighted by molar-refractivity contribution is 0.580. The molecule has 2 bridgehead atoms. The summed E-state index contributed by atoms with van der Waals surface area (Å²) in [5.41, 5.74) is 2.64. The van der Waals surface area contributed by atoms with Gasteiger partial charge in [0, 0.05) is 50.6 Å². The summed E-state index contributed by atoms with van der Waals surface area (Å²) in [6, 6.07) is 10.3. The third-order valence-corrected chi connectivity index (χ3v) is 3.75. The molecule has 3 rings (SSSR count). The average molecular weight is 217 g/mol. The molecule has 0 amide bonds. The molecule has 1 aromatic carbocycles. The second-order valence-corrected chi connectivity index (χ2v) is 5.06. The van der Waals surface area contributed by atoms with Crippen molar-refractivity contribution in [2.75, 3.05) is 37.0 Å². The third kappa shape index (κ3) is 1.55. The summed E-state index contributed by atoms with van der Waals surface area (Å²) in [7, 11) is 4.16. The van der Waals surface area contributed by atoms with Gasteiger partial charge in [0.25, 0.3) is 0 Å². The maximum absolute atomic E-state index is 3.54. The van der Waals surface area contributed by atoms with Gasteiger partial charge in [-0.05, 0) is 30.7 Å². The van der Waals surface area contributed by atoms with Crippen LogP contribution in [0.3, 0.4) is 0 Å². The van der Waals surface area contributed by atoms with Gasteiger partial charge >= 0.3 is 0 Å². The number of nitrogens with one attached hydrogen (secondary N) is 1. The highest BCUT2D eigenvalue weighted by atomic mass is 15.3. The van der Waals surface area contributed by atoms with Gasteiger partial charge in [-0.3, -0.25) is 0 Å². The van der Waals surface area contributed by atoms with E-state index in [0.29, 0.717) is 0 Å². The van der Waals surface area contributed by atoms with Crippen LogP contribution < -0.4 is 15.1 Å². The standard InChI is InChI=1S/C13H19N3/c1-15(2)11-3-5-12(6-4-11)16-9-10-7-13(16)8-14-10/h3-6,10,13-14H,7-9H2,1-2H3/t10-,13-/m0/s1. The Hall–Kier alpha value is -1.22. The van der Waals surface area contributed by atoms with Crippen molar-refractivity contribution in [3.8, 4) is 0 Å². The normalized spacial score (nSPS) is 27.5. The van der Waals surface area contributed by atoms with Crippen LogP contribution in [0, 0.1) is 0 Å². The lowest BCUT2D eigenvalue weighted by Gasteiger charge is -2.29. The minimum atomic E-state index is 0.718. The molecule has 1 aromatic rings. The van der Waals surface area contributed by atoms with E-state index in [1.54, 1.807) is 0 Å². The molecule has 0 radical (unpaired) electrons. The summed E-state index contributed by atoms with van der Waals surface area (Å²) >= 11 is 0. The Kier molecular flexibility index (Phi) is 2.28. The minimum absolute atomic E-state index is 0.718. The molecule has 2 aliphatic heterocycles. The number of benzene rings is 1. The molecule has 2 saturated heterocycles. The summed E-state index contributed by atoms with van der Waals surface area (Å²) in [5.74, 6) is 0. The highest BCUT2D eigenvalue weighted by Crippen LogP contribution is 2.30. The fourth-order valence-electron chi connectivity index (χ4n) is 2.82. The molecule has 16 heavy (non-hydrogen) atoms. The van der Waals surface area contributed by atoms with E-state index in [1.807, 2.05) is 0 Å². The monoisotopic (exact) mass is 217 g/mol. The van der Waals surface area contributed by atoms with Crippen LogP contribution in [0.2, 0.25) is 0 Å². The lowest BCUT2D eigenvalue weighted by atomic mass is 10.2. The summed E-state index contributed by atoms with van der Waals surface area (Å²) in [6.07, 6.45) is 1.31. The molecule has 2 atom stereocenters. The van der Waals surface area contributed by atoms with Gasteiger partial charge in [-0.15, -0.1) is 0 Å². The zero-order chi connectivity index (χ0) is 11.1. The number of rotatable bonds is 2. The molecule has 2 heterocycles. The number of fused-ring (bicyclic) bond motifs is 2. The molecule has 0 aromatic heterocycles. The Balaban J connectivity index is 1.80. The van der Waals surface area contributed by atoms with E-state index in [4.69, 9.17) is 0 Å². The fourth-order valence-corrected chi connectivity index (χ4v) is 2.82. The number of hydrogen-bond donors (Lipinski definition) is 1. The molecule has 3 nitrogen and oxygen atoms in total. The highest BCUT2D eigenvalue weighted by molar-refractivity contribution is 5.57. The largest absolute Gasteiger partial charge is 0.378 e. The van der Waals surface area contributed by atoms with Crippen LogP contribution in [0.4, 0.5) is 11.4 Å². The van der Waals surface area contributed by atoms with Crippen molar-refractivity contribution in [1.29, 1.82) is 0 Å². The van der Waals surface area contributed by atoms with Crippen LogP contribution in [0.15, 0.2) is 24.3 Å². The van der Waals surface area contributed by atoms with E-state index in [2.05, 4.69) is 53.5 Å². The molecule has 0 aliphatic carbocycles. The predicted molar refractivity (Wildman–Crippen MR) is 68.3 cm³/mol. The summed E-state index contributed by atoms with van der Waals surface area (Å²) < 4.78 is 0. The van der Waals surface area contributed by atoms with Crippen molar-refractivity contribution in [1.82, 2.24) is 5.32 Å². The molecule has 0 unspecified atom stereocenters. The molecular formula is C13H19N3. The van der Waals surface area contributed by atoms with E-state index in [0.717, 1.165) is 18.6 Å². The van der Waals surface area contributed by atoms with Crippen LogP contribution in [0.25, 0.3) is 0 Å². The van der Waals surface area contributed by atoms with E-state index in [1.165, 1.54) is 24.3 Å². The number of nitrogens with zero attached hydrogens (tertiary/aromatic N) is 2. The van der Waals surface area contributed by atoms with E-state index in [-0.39, 0.29) is 0 Å². The lowest BCUT2D eigenvalue weighted by Crippen LogP contribution is -2.43. The zero-order valence-electron chi connectivity index (χ0n) is 9.98. The Morgan fingerprint density at radius 1 is 1.25 bits per heavy atom. The molecular weight excluding hydrogens is 198 g/mol. The maximum atomic E-state index is 3.54. The van der Waals surface area contributed by atoms with Gasteiger partial charge in [0.2, 0.25) is 0 Å². The van der Waals surface area contributed by atoms with Crippen molar-refractivity contribution in [2.45, 2.75) is 18.5 Å². The molecule has 1 N–H and O–H groups in total. The summed E-state index contributed by atoms with van der Waals surface area (Å²) in [4.78, 5) is 4.68. The first kappa shape index (κ1) is 9.97. The van der Waals surface area contributed by atoms with Gasteiger partial charge in [-0.2, -0.15) is 0 Å². The molecule has 86 valence electrons. The quantitative estimate of drug-likeness (QED) is 0.805. The smallest absolute Gasteiger partial charge is 0.0430 e. The Bertz CT molecular complexity index is 371. The van der Waals surface area contributed by atoms with Gasteiger partial charge in [0.05, 0.1) is 0 Å². The number of hydrogen-bond acceptors (Lipinski definition) is 3. The van der Waals surface area contributed by atoms with Crippen LogP contribution in [-0.2, 0) is 0 Å². The molecule has 0 saturated carbocycles. The molecule has 3 heteroatoms. The number of piperazine rings is 1. The minimum Gasteiger partial charge on any atom is -0.378 e. The van der Waals surface area contributed by atoms with Crippen molar-refractivity contribution in [2.24, 2.45) is 0 Å². The van der Waals surface area contributed by atoms with Crippen molar-refractivity contribution in [3.63, 3.8) is 0 Å². The fraction of sp³-hybridized carbons (Fsp3) is 0.538. The van der Waals surface area contributed by atoms with Crippen LogP contribution in [0.5, 0.6) is 0 Å². The van der Waals surface area contributed by atoms with Crippen LogP contribution >= 0.6 is 0 Å². The second-order valence-electron chi connectivity index (χ2n) is 5.06. The second kappa shape index (κ2) is 3.67. The molecule has 2 fully saturated rings. The van der Waals surface area contributed by atoms with Crippen LogP contribution in [-0.4, -0.2) is 39.3 Å².